The van der Waals surface area contributed by atoms with Gasteiger partial charge in [0, 0.05) is 18.2 Å². The highest BCUT2D eigenvalue weighted by Gasteiger charge is 2.50. The number of nitrogens with one attached hydrogen (secondary N) is 1. The first-order chi connectivity index (χ1) is 14.4. The lowest BCUT2D eigenvalue weighted by atomic mass is 10.1. The quantitative estimate of drug-likeness (QED) is 0.716. The minimum absolute atomic E-state index is 0.0325. The van der Waals surface area contributed by atoms with E-state index < -0.39 is 33.4 Å². The molecule has 0 saturated carbocycles. The standard InChI is InChI=1S/C22H25N3O5S/c1-15(26)23-16-10-12-18(13-11-16)31(29,30)25(22(2,3)4)19-14-20(27)24(21(19)28)17-8-6-5-7-9-17/h5-13,19H,14H2,1-4H3,(H,23,26). The fourth-order valence-corrected chi connectivity index (χ4v) is 5.60. The van der Waals surface area contributed by atoms with Gasteiger partial charge >= 0.3 is 0 Å². The third-order valence-electron chi connectivity index (χ3n) is 4.81. The van der Waals surface area contributed by atoms with E-state index in [1.165, 1.54) is 31.2 Å². The summed E-state index contributed by atoms with van der Waals surface area (Å²) in [6.45, 7) is 6.39. The van der Waals surface area contributed by atoms with Crippen LogP contribution in [0, 0.1) is 0 Å². The fourth-order valence-electron chi connectivity index (χ4n) is 3.67. The molecule has 2 aromatic rings. The molecule has 1 saturated heterocycles. The molecule has 1 N–H and O–H groups in total. The van der Waals surface area contributed by atoms with Crippen molar-refractivity contribution in [1.29, 1.82) is 0 Å². The van der Waals surface area contributed by atoms with E-state index >= 15 is 0 Å². The summed E-state index contributed by atoms with van der Waals surface area (Å²) < 4.78 is 28.2. The molecule has 0 spiro atoms. The Bertz CT molecular complexity index is 1110. The highest BCUT2D eigenvalue weighted by atomic mass is 32.2. The number of nitrogens with zero attached hydrogens (tertiary/aromatic N) is 2. The summed E-state index contributed by atoms with van der Waals surface area (Å²) >= 11 is 0. The van der Waals surface area contributed by atoms with Gasteiger partial charge in [0.1, 0.15) is 6.04 Å². The molecule has 31 heavy (non-hydrogen) atoms. The molecule has 0 radical (unpaired) electrons. The molecule has 3 rings (SSSR count). The number of carbonyl (C=O) groups is 3. The van der Waals surface area contributed by atoms with Crippen molar-refractivity contribution in [2.24, 2.45) is 0 Å². The Hall–Kier alpha value is -3.04. The van der Waals surface area contributed by atoms with E-state index in [2.05, 4.69) is 5.32 Å². The Morgan fingerprint density at radius 3 is 2.13 bits per heavy atom. The summed E-state index contributed by atoms with van der Waals surface area (Å²) in [5.41, 5.74) is -0.107. The minimum Gasteiger partial charge on any atom is -0.326 e. The maximum atomic E-state index is 13.6. The van der Waals surface area contributed by atoms with E-state index in [-0.39, 0.29) is 17.2 Å². The van der Waals surface area contributed by atoms with Gasteiger partial charge in [-0.2, -0.15) is 4.31 Å². The van der Waals surface area contributed by atoms with Crippen molar-refractivity contribution in [3.8, 4) is 0 Å². The first-order valence-electron chi connectivity index (χ1n) is 9.77. The summed E-state index contributed by atoms with van der Waals surface area (Å²) in [4.78, 5) is 38.1. The van der Waals surface area contributed by atoms with Gasteiger partial charge in [-0.05, 0) is 57.2 Å². The van der Waals surface area contributed by atoms with Gasteiger partial charge in [0.2, 0.25) is 21.8 Å². The Labute approximate surface area is 181 Å². The van der Waals surface area contributed by atoms with E-state index in [4.69, 9.17) is 0 Å². The Morgan fingerprint density at radius 1 is 1.03 bits per heavy atom. The van der Waals surface area contributed by atoms with Crippen LogP contribution in [0.3, 0.4) is 0 Å². The van der Waals surface area contributed by atoms with Crippen molar-refractivity contribution >= 4 is 39.1 Å². The van der Waals surface area contributed by atoms with Gasteiger partial charge in [-0.25, -0.2) is 13.3 Å². The summed E-state index contributed by atoms with van der Waals surface area (Å²) in [5, 5.41) is 2.58. The van der Waals surface area contributed by atoms with Crippen LogP contribution in [0.2, 0.25) is 0 Å². The number of anilines is 2. The third kappa shape index (κ3) is 4.52. The second-order valence-electron chi connectivity index (χ2n) is 8.30. The van der Waals surface area contributed by atoms with Crippen LogP contribution in [0.5, 0.6) is 0 Å². The Kier molecular flexibility index (Phi) is 6.02. The van der Waals surface area contributed by atoms with Crippen LogP contribution in [0.4, 0.5) is 11.4 Å². The summed E-state index contributed by atoms with van der Waals surface area (Å²) in [6.07, 6.45) is -0.242. The predicted molar refractivity (Wildman–Crippen MR) is 117 cm³/mol. The molecular formula is C22H25N3O5S. The second-order valence-corrected chi connectivity index (χ2v) is 10.1. The van der Waals surface area contributed by atoms with Gasteiger partial charge in [-0.3, -0.25) is 14.4 Å². The van der Waals surface area contributed by atoms with E-state index in [9.17, 15) is 22.8 Å². The summed E-state index contributed by atoms with van der Waals surface area (Å²) in [6, 6.07) is 13.0. The van der Waals surface area contributed by atoms with Gasteiger partial charge in [-0.15, -0.1) is 0 Å². The second kappa shape index (κ2) is 8.24. The van der Waals surface area contributed by atoms with Crippen LogP contribution in [0.25, 0.3) is 0 Å². The van der Waals surface area contributed by atoms with Gasteiger partial charge in [-0.1, -0.05) is 18.2 Å². The van der Waals surface area contributed by atoms with E-state index in [0.717, 1.165) is 9.21 Å². The number of amides is 3. The lowest BCUT2D eigenvalue weighted by molar-refractivity contribution is -0.122. The molecule has 3 amide bonds. The van der Waals surface area contributed by atoms with Crippen molar-refractivity contribution in [1.82, 2.24) is 4.31 Å². The normalized spacial score (nSPS) is 17.3. The summed E-state index contributed by atoms with van der Waals surface area (Å²) in [5.74, 6) is -1.31. The summed E-state index contributed by atoms with van der Waals surface area (Å²) in [7, 11) is -4.13. The molecule has 8 nitrogen and oxygen atoms in total. The third-order valence-corrected chi connectivity index (χ3v) is 7.00. The monoisotopic (exact) mass is 443 g/mol. The van der Waals surface area contributed by atoms with Crippen LogP contribution in [-0.2, 0) is 24.4 Å². The van der Waals surface area contributed by atoms with Crippen molar-refractivity contribution in [3.05, 3.63) is 54.6 Å². The molecule has 1 aliphatic rings. The smallest absolute Gasteiger partial charge is 0.252 e. The lowest BCUT2D eigenvalue weighted by Gasteiger charge is -2.37. The number of imide groups is 1. The zero-order chi connectivity index (χ0) is 23.0. The average molecular weight is 444 g/mol. The van der Waals surface area contributed by atoms with Gasteiger partial charge in [0.05, 0.1) is 17.0 Å². The molecule has 9 heteroatoms. The Morgan fingerprint density at radius 2 is 1.61 bits per heavy atom. The molecule has 1 heterocycles. The maximum Gasteiger partial charge on any atom is 0.252 e. The minimum atomic E-state index is -4.13. The number of benzene rings is 2. The molecule has 1 atom stereocenters. The highest BCUT2D eigenvalue weighted by molar-refractivity contribution is 7.89. The number of hydrogen-bond donors (Lipinski definition) is 1. The maximum absolute atomic E-state index is 13.6. The first kappa shape index (κ1) is 22.6. The predicted octanol–water partition coefficient (Wildman–Crippen LogP) is 2.77. The van der Waals surface area contributed by atoms with Gasteiger partial charge in [0.15, 0.2) is 0 Å². The number of carbonyl (C=O) groups excluding carboxylic acids is 3. The molecule has 1 fully saturated rings. The molecule has 2 aromatic carbocycles. The Balaban J connectivity index is 2.00. The van der Waals surface area contributed by atoms with Crippen LogP contribution >= 0.6 is 0 Å². The lowest BCUT2D eigenvalue weighted by Crippen LogP contribution is -2.54. The SMILES string of the molecule is CC(=O)Nc1ccc(S(=O)(=O)N(C2CC(=O)N(c3ccccc3)C2=O)C(C)(C)C)cc1. The van der Waals surface area contributed by atoms with E-state index in [1.54, 1.807) is 51.1 Å². The van der Waals surface area contributed by atoms with Crippen molar-refractivity contribution in [2.45, 2.75) is 50.6 Å². The first-order valence-corrected chi connectivity index (χ1v) is 11.2. The number of sulfonamides is 1. The molecule has 0 aromatic heterocycles. The zero-order valence-electron chi connectivity index (χ0n) is 17.8. The van der Waals surface area contributed by atoms with Crippen molar-refractivity contribution in [3.63, 3.8) is 0 Å². The number of para-hydroxylation sites is 1. The molecule has 1 aliphatic heterocycles. The van der Waals surface area contributed by atoms with Gasteiger partial charge < -0.3 is 5.32 Å². The van der Waals surface area contributed by atoms with Crippen LogP contribution < -0.4 is 10.2 Å². The average Bonchev–Trinajstić information content (AvgIpc) is 2.94. The topological polar surface area (TPSA) is 104 Å². The van der Waals surface area contributed by atoms with Gasteiger partial charge in [0.25, 0.3) is 5.91 Å². The molecular weight excluding hydrogens is 418 g/mol. The molecule has 0 bridgehead atoms. The molecule has 1 unspecified atom stereocenters. The number of hydrogen-bond acceptors (Lipinski definition) is 5. The fraction of sp³-hybridized carbons (Fsp3) is 0.318. The van der Waals surface area contributed by atoms with Crippen LogP contribution in [0.15, 0.2) is 59.5 Å². The van der Waals surface area contributed by atoms with E-state index in [1.807, 2.05) is 0 Å². The zero-order valence-corrected chi connectivity index (χ0v) is 18.6. The van der Waals surface area contributed by atoms with E-state index in [0.29, 0.717) is 11.4 Å². The number of rotatable bonds is 5. The van der Waals surface area contributed by atoms with Crippen molar-refractivity contribution in [2.75, 3.05) is 10.2 Å². The van der Waals surface area contributed by atoms with Crippen molar-refractivity contribution < 1.29 is 22.8 Å². The van der Waals surface area contributed by atoms with Crippen LogP contribution in [0.1, 0.15) is 34.1 Å². The highest BCUT2D eigenvalue weighted by Crippen LogP contribution is 2.34. The van der Waals surface area contributed by atoms with Crippen LogP contribution in [-0.4, -0.2) is 42.0 Å². The molecule has 164 valence electrons. The largest absolute Gasteiger partial charge is 0.326 e. The molecule has 0 aliphatic carbocycles.